The molecule has 1 aromatic carbocycles. The fraction of sp³-hybridized carbons (Fsp3) is 0.350. The van der Waals surface area contributed by atoms with E-state index in [0.717, 1.165) is 0 Å². The number of anilines is 1. The van der Waals surface area contributed by atoms with Gasteiger partial charge in [-0.05, 0) is 43.5 Å². The van der Waals surface area contributed by atoms with Crippen LogP contribution in [0.1, 0.15) is 29.8 Å². The van der Waals surface area contributed by atoms with E-state index in [1.807, 2.05) is 6.07 Å². The number of nitriles is 1. The number of rotatable bonds is 6. The summed E-state index contributed by atoms with van der Waals surface area (Å²) in [6, 6.07) is 9.00. The van der Waals surface area contributed by atoms with Crippen LogP contribution in [-0.2, 0) is 24.3 Å². The Hall–Kier alpha value is -2.78. The number of ether oxygens (including phenoxy) is 2. The first-order valence-corrected chi connectivity index (χ1v) is 11.7. The molecule has 2 heterocycles. The topological polar surface area (TPSA) is 126 Å². The molecule has 2 atom stereocenters. The summed E-state index contributed by atoms with van der Waals surface area (Å²) in [7, 11) is -3.82. The number of esters is 1. The summed E-state index contributed by atoms with van der Waals surface area (Å²) in [6.07, 6.45) is -0.481. The first-order chi connectivity index (χ1) is 14.7. The van der Waals surface area contributed by atoms with Crippen LogP contribution in [0.4, 0.5) is 5.00 Å². The second-order valence-corrected chi connectivity index (χ2v) is 9.86. The molecule has 1 fully saturated rings. The van der Waals surface area contributed by atoms with Gasteiger partial charge in [-0.1, -0.05) is 6.07 Å². The molecule has 0 spiro atoms. The summed E-state index contributed by atoms with van der Waals surface area (Å²) in [5.74, 6) is -1.44. The lowest BCUT2D eigenvalue weighted by Crippen LogP contribution is -2.48. The number of morpholine rings is 1. The van der Waals surface area contributed by atoms with Gasteiger partial charge in [-0.3, -0.25) is 4.79 Å². The predicted octanol–water partition coefficient (Wildman–Crippen LogP) is 2.21. The minimum Gasteiger partial charge on any atom is -0.452 e. The fourth-order valence-corrected chi connectivity index (χ4v) is 5.52. The van der Waals surface area contributed by atoms with Crippen LogP contribution in [0.5, 0.6) is 0 Å². The van der Waals surface area contributed by atoms with Gasteiger partial charge in [-0.15, -0.1) is 11.3 Å². The molecule has 1 aliphatic rings. The van der Waals surface area contributed by atoms with Crippen LogP contribution >= 0.6 is 11.3 Å². The summed E-state index contributed by atoms with van der Waals surface area (Å²) in [5.41, 5.74) is 0.325. The Morgan fingerprint density at radius 2 is 2.00 bits per heavy atom. The van der Waals surface area contributed by atoms with Crippen molar-refractivity contribution < 1.29 is 27.5 Å². The molecular weight excluding hydrogens is 442 g/mol. The molecule has 2 aromatic rings. The first-order valence-electron chi connectivity index (χ1n) is 9.41. The minimum absolute atomic E-state index is 0.0112. The molecule has 1 amide bonds. The Balaban J connectivity index is 1.66. The highest BCUT2D eigenvalue weighted by molar-refractivity contribution is 7.89. The molecule has 3 rings (SSSR count). The Labute approximate surface area is 184 Å². The van der Waals surface area contributed by atoms with E-state index in [0.29, 0.717) is 10.6 Å². The monoisotopic (exact) mass is 463 g/mol. The van der Waals surface area contributed by atoms with Crippen LogP contribution in [0.2, 0.25) is 0 Å². The third-order valence-electron chi connectivity index (χ3n) is 4.47. The normalized spacial score (nSPS) is 19.4. The number of carbonyl (C=O) groups excluding carboxylic acids is 2. The molecule has 9 nitrogen and oxygen atoms in total. The molecule has 2 unspecified atom stereocenters. The van der Waals surface area contributed by atoms with E-state index in [2.05, 4.69) is 5.32 Å². The second kappa shape index (κ2) is 9.57. The number of nitrogens with one attached hydrogen (secondary N) is 1. The fourth-order valence-electron chi connectivity index (χ4n) is 3.13. The van der Waals surface area contributed by atoms with Crippen LogP contribution in [0.15, 0.2) is 40.6 Å². The lowest BCUT2D eigenvalue weighted by molar-refractivity contribution is -0.119. The quantitative estimate of drug-likeness (QED) is 0.651. The number of nitrogens with zero attached hydrogens (tertiary/aromatic N) is 2. The molecule has 1 aromatic heterocycles. The van der Waals surface area contributed by atoms with E-state index in [-0.39, 0.29) is 35.8 Å². The molecule has 0 radical (unpaired) electrons. The molecule has 1 N–H and O–H groups in total. The number of sulfonamides is 1. The highest BCUT2D eigenvalue weighted by atomic mass is 32.2. The third kappa shape index (κ3) is 5.48. The van der Waals surface area contributed by atoms with Gasteiger partial charge in [-0.2, -0.15) is 9.57 Å². The molecule has 1 aliphatic heterocycles. The van der Waals surface area contributed by atoms with Crippen LogP contribution in [0.25, 0.3) is 0 Å². The molecule has 1 saturated heterocycles. The van der Waals surface area contributed by atoms with Gasteiger partial charge in [0.15, 0.2) is 6.61 Å². The van der Waals surface area contributed by atoms with Crippen molar-refractivity contribution >= 4 is 38.2 Å². The maximum atomic E-state index is 13.0. The Morgan fingerprint density at radius 3 is 2.68 bits per heavy atom. The number of amides is 1. The lowest BCUT2D eigenvalue weighted by atomic mass is 10.2. The summed E-state index contributed by atoms with van der Waals surface area (Å²) in [4.78, 5) is 24.3. The third-order valence-corrected chi connectivity index (χ3v) is 7.12. The lowest BCUT2D eigenvalue weighted by Gasteiger charge is -2.34. The van der Waals surface area contributed by atoms with Gasteiger partial charge in [0.05, 0.1) is 28.2 Å². The van der Waals surface area contributed by atoms with Gasteiger partial charge in [-0.25, -0.2) is 13.2 Å². The van der Waals surface area contributed by atoms with Gasteiger partial charge in [0.25, 0.3) is 5.91 Å². The van der Waals surface area contributed by atoms with E-state index < -0.39 is 28.5 Å². The van der Waals surface area contributed by atoms with Crippen molar-refractivity contribution in [1.82, 2.24) is 4.31 Å². The molecule has 164 valence electrons. The van der Waals surface area contributed by atoms with Gasteiger partial charge in [0.2, 0.25) is 10.0 Å². The summed E-state index contributed by atoms with van der Waals surface area (Å²) in [5, 5.41) is 13.5. The highest BCUT2D eigenvalue weighted by Crippen LogP contribution is 2.23. The van der Waals surface area contributed by atoms with Crippen molar-refractivity contribution in [3.63, 3.8) is 0 Å². The summed E-state index contributed by atoms with van der Waals surface area (Å²) < 4.78 is 37.9. The maximum absolute atomic E-state index is 13.0. The molecular formula is C20H21N3O6S2. The van der Waals surface area contributed by atoms with Crippen LogP contribution in [0, 0.1) is 11.3 Å². The number of hydrogen-bond donors (Lipinski definition) is 1. The minimum atomic E-state index is -3.82. The van der Waals surface area contributed by atoms with E-state index in [4.69, 9.17) is 14.7 Å². The van der Waals surface area contributed by atoms with Gasteiger partial charge < -0.3 is 14.8 Å². The number of carbonyl (C=O) groups is 2. The number of hydrogen-bond acceptors (Lipinski definition) is 8. The molecule has 11 heteroatoms. The Morgan fingerprint density at radius 1 is 1.29 bits per heavy atom. The molecule has 0 saturated carbocycles. The SMILES string of the molecule is CC1CN(S(=O)(=O)c2cccc(C(=O)OCC(=O)Nc3sccc3C#N)c2)CC(C)O1. The van der Waals surface area contributed by atoms with Crippen molar-refractivity contribution in [2.24, 2.45) is 0 Å². The maximum Gasteiger partial charge on any atom is 0.338 e. The predicted molar refractivity (Wildman–Crippen MR) is 113 cm³/mol. The zero-order valence-electron chi connectivity index (χ0n) is 16.9. The number of thiophene rings is 1. The Bertz CT molecular complexity index is 1110. The van der Waals surface area contributed by atoms with Gasteiger partial charge in [0, 0.05) is 13.1 Å². The Kier molecular flexibility index (Phi) is 7.07. The second-order valence-electron chi connectivity index (χ2n) is 7.01. The van der Waals surface area contributed by atoms with Crippen molar-refractivity contribution in [1.29, 1.82) is 5.26 Å². The van der Waals surface area contributed by atoms with Crippen molar-refractivity contribution in [2.75, 3.05) is 25.0 Å². The zero-order valence-corrected chi connectivity index (χ0v) is 18.5. The highest BCUT2D eigenvalue weighted by Gasteiger charge is 2.32. The first kappa shape index (κ1) is 22.9. The average Bonchev–Trinajstić information content (AvgIpc) is 3.18. The van der Waals surface area contributed by atoms with Crippen LogP contribution in [-0.4, -0.2) is 56.5 Å². The molecule has 0 aliphatic carbocycles. The molecule has 31 heavy (non-hydrogen) atoms. The van der Waals surface area contributed by atoms with Crippen molar-refractivity contribution in [3.8, 4) is 6.07 Å². The van der Waals surface area contributed by atoms with E-state index in [1.54, 1.807) is 25.3 Å². The van der Waals surface area contributed by atoms with E-state index in [9.17, 15) is 18.0 Å². The zero-order chi connectivity index (χ0) is 22.6. The summed E-state index contributed by atoms with van der Waals surface area (Å²) >= 11 is 1.18. The van der Waals surface area contributed by atoms with Crippen molar-refractivity contribution in [3.05, 3.63) is 46.8 Å². The van der Waals surface area contributed by atoms with E-state index >= 15 is 0 Å². The average molecular weight is 464 g/mol. The van der Waals surface area contributed by atoms with Crippen LogP contribution in [0.3, 0.4) is 0 Å². The van der Waals surface area contributed by atoms with Crippen LogP contribution < -0.4 is 5.32 Å². The smallest absolute Gasteiger partial charge is 0.338 e. The van der Waals surface area contributed by atoms with Gasteiger partial charge in [0.1, 0.15) is 11.1 Å². The molecule has 0 bridgehead atoms. The van der Waals surface area contributed by atoms with Gasteiger partial charge >= 0.3 is 5.97 Å². The summed E-state index contributed by atoms with van der Waals surface area (Å²) in [6.45, 7) is 3.46. The number of benzene rings is 1. The van der Waals surface area contributed by atoms with E-state index in [1.165, 1.54) is 39.9 Å². The standard InChI is InChI=1S/C20H21N3O6S2/c1-13-10-23(11-14(2)29-13)31(26,27)17-5-3-4-15(8-17)20(25)28-12-18(24)22-19-16(9-21)6-7-30-19/h3-8,13-14H,10-12H2,1-2H3,(H,22,24). The van der Waals surface area contributed by atoms with Crippen molar-refractivity contribution in [2.45, 2.75) is 31.0 Å². The largest absolute Gasteiger partial charge is 0.452 e.